The molecule has 8 nitrogen and oxygen atoms in total. The minimum atomic E-state index is -1.27. The number of aromatic carboxylic acids is 1. The van der Waals surface area contributed by atoms with E-state index >= 15 is 0 Å². The first-order valence-electron chi connectivity index (χ1n) is 8.24. The van der Waals surface area contributed by atoms with Gasteiger partial charge in [-0.1, -0.05) is 12.4 Å². The number of esters is 1. The second-order valence-electron chi connectivity index (χ2n) is 6.63. The van der Waals surface area contributed by atoms with Gasteiger partial charge in [-0.3, -0.25) is 9.69 Å². The van der Waals surface area contributed by atoms with Crippen LogP contribution in [0.5, 0.6) is 11.5 Å². The second-order valence-corrected chi connectivity index (χ2v) is 6.63. The van der Waals surface area contributed by atoms with Crippen molar-refractivity contribution in [3.8, 4) is 11.5 Å². The first kappa shape index (κ1) is 20.1. The number of methoxy groups -OCH3 is 1. The molecule has 0 spiro atoms. The molecule has 0 aromatic heterocycles. The number of ether oxygens (including phenoxy) is 2. The van der Waals surface area contributed by atoms with Crippen molar-refractivity contribution in [1.82, 2.24) is 4.90 Å². The topological polar surface area (TPSA) is 122 Å². The van der Waals surface area contributed by atoms with E-state index in [0.29, 0.717) is 37.9 Å². The molecule has 2 radical (unpaired) electrons. The molecule has 1 aromatic rings. The monoisotopic (exact) mass is 362 g/mol. The summed E-state index contributed by atoms with van der Waals surface area (Å²) in [5.74, 6) is -2.00. The van der Waals surface area contributed by atoms with Crippen molar-refractivity contribution in [2.45, 2.75) is 31.3 Å². The maximum atomic E-state index is 11.6. The third-order valence-electron chi connectivity index (χ3n) is 4.27. The van der Waals surface area contributed by atoms with Gasteiger partial charge in [-0.25, -0.2) is 4.79 Å². The molecule has 1 saturated heterocycles. The quantitative estimate of drug-likeness (QED) is 0.442. The number of likely N-dealkylation sites (tertiary alicyclic amines) is 1. The van der Waals surface area contributed by atoms with Crippen molar-refractivity contribution in [2.75, 3.05) is 26.7 Å². The minimum Gasteiger partial charge on any atom is -0.507 e. The maximum absolute atomic E-state index is 11.6. The van der Waals surface area contributed by atoms with Crippen molar-refractivity contribution >= 4 is 19.8 Å². The van der Waals surface area contributed by atoms with E-state index in [1.165, 1.54) is 13.2 Å². The van der Waals surface area contributed by atoms with E-state index in [1.807, 2.05) is 4.90 Å². The molecule has 4 N–H and O–H groups in total. The highest BCUT2D eigenvalue weighted by atomic mass is 16.5. The number of carboxylic acid groups (broad SMARTS) is 1. The van der Waals surface area contributed by atoms with Crippen LogP contribution in [-0.2, 0) is 16.0 Å². The van der Waals surface area contributed by atoms with Crippen LogP contribution in [0.15, 0.2) is 12.1 Å². The fourth-order valence-corrected chi connectivity index (χ4v) is 2.95. The third kappa shape index (κ3) is 4.28. The summed E-state index contributed by atoms with van der Waals surface area (Å²) < 4.78 is 10.4. The Hall–Kier alpha value is -2.26. The summed E-state index contributed by atoms with van der Waals surface area (Å²) in [4.78, 5) is 25.0. The van der Waals surface area contributed by atoms with Gasteiger partial charge in [-0.05, 0) is 25.0 Å². The molecule has 0 aliphatic carbocycles. The number of aryl methyl sites for hydroxylation is 1. The molecule has 0 amide bonds. The number of benzene rings is 1. The summed E-state index contributed by atoms with van der Waals surface area (Å²) >= 11 is 0. The Morgan fingerprint density at radius 2 is 2.08 bits per heavy atom. The Kier molecular flexibility index (Phi) is 6.15. The third-order valence-corrected chi connectivity index (χ3v) is 4.27. The summed E-state index contributed by atoms with van der Waals surface area (Å²) in [6.45, 7) is 2.85. The zero-order valence-electron chi connectivity index (χ0n) is 14.9. The highest BCUT2D eigenvalue weighted by Gasteiger charge is 2.38. The Morgan fingerprint density at radius 3 is 2.62 bits per heavy atom. The van der Waals surface area contributed by atoms with Crippen molar-refractivity contribution < 1.29 is 29.3 Å². The Bertz CT molecular complexity index is 688. The van der Waals surface area contributed by atoms with Crippen LogP contribution in [0, 0.1) is 0 Å². The van der Waals surface area contributed by atoms with Crippen molar-refractivity contribution in [2.24, 2.45) is 5.73 Å². The number of aromatic hydroxyl groups is 1. The standard InChI is InChI=1S/C17H23BN2O6/c1-17(19,16(24)25-2)9-20-7-11(8-20)26-12-4-3-10(5-6-18)14(21)13(12)15(22)23/h3-4,11,21H,5-9,19H2,1-2H3,(H,22,23)/t17-/m1/s1. The molecule has 26 heavy (non-hydrogen) atoms. The number of carbonyl (C=O) groups excluding carboxylic acids is 1. The van der Waals surface area contributed by atoms with E-state index < -0.39 is 17.5 Å². The maximum Gasteiger partial charge on any atom is 0.343 e. The molecule has 0 saturated carbocycles. The predicted molar refractivity (Wildman–Crippen MR) is 94.8 cm³/mol. The Labute approximate surface area is 153 Å². The van der Waals surface area contributed by atoms with Gasteiger partial charge in [0.1, 0.15) is 28.7 Å². The van der Waals surface area contributed by atoms with Gasteiger partial charge < -0.3 is 25.4 Å². The van der Waals surface area contributed by atoms with Crippen LogP contribution in [0.25, 0.3) is 0 Å². The molecular formula is C17H23BN2O6. The van der Waals surface area contributed by atoms with E-state index in [0.717, 1.165) is 0 Å². The molecule has 1 aliphatic heterocycles. The van der Waals surface area contributed by atoms with E-state index in [2.05, 4.69) is 4.74 Å². The van der Waals surface area contributed by atoms with Gasteiger partial charge in [0.25, 0.3) is 0 Å². The molecule has 2 rings (SSSR count). The van der Waals surface area contributed by atoms with Gasteiger partial charge in [0, 0.05) is 19.6 Å². The molecule has 9 heteroatoms. The van der Waals surface area contributed by atoms with Crippen LogP contribution in [-0.4, -0.2) is 73.3 Å². The van der Waals surface area contributed by atoms with Crippen LogP contribution >= 0.6 is 0 Å². The average Bonchev–Trinajstić information content (AvgIpc) is 2.54. The van der Waals surface area contributed by atoms with Crippen molar-refractivity contribution in [3.63, 3.8) is 0 Å². The van der Waals surface area contributed by atoms with Crippen LogP contribution in [0.3, 0.4) is 0 Å². The molecule has 0 unspecified atom stereocenters. The van der Waals surface area contributed by atoms with Gasteiger partial charge in [0.15, 0.2) is 0 Å². The summed E-state index contributed by atoms with van der Waals surface area (Å²) in [7, 11) is 6.75. The molecule has 0 bridgehead atoms. The van der Waals surface area contributed by atoms with E-state index in [-0.39, 0.29) is 23.2 Å². The van der Waals surface area contributed by atoms with Crippen LogP contribution in [0.1, 0.15) is 22.8 Å². The lowest BCUT2D eigenvalue weighted by molar-refractivity contribution is -0.148. The molecular weight excluding hydrogens is 339 g/mol. The molecule has 1 atom stereocenters. The van der Waals surface area contributed by atoms with Gasteiger partial charge in [0.2, 0.25) is 0 Å². The minimum absolute atomic E-state index is 0.101. The second kappa shape index (κ2) is 7.97. The molecule has 1 aliphatic rings. The number of rotatable bonds is 8. The molecule has 1 fully saturated rings. The van der Waals surface area contributed by atoms with E-state index in [1.54, 1.807) is 13.0 Å². The Balaban J connectivity index is 2.02. The summed E-state index contributed by atoms with van der Waals surface area (Å²) in [5.41, 5.74) is 4.99. The fourth-order valence-electron chi connectivity index (χ4n) is 2.95. The first-order chi connectivity index (χ1) is 12.2. The number of phenols is 1. The SMILES string of the molecule is [B]CCc1ccc(OC2CN(C[C@@](C)(N)C(=O)OC)C2)c(C(=O)O)c1O. The number of hydrogen-bond acceptors (Lipinski definition) is 7. The van der Waals surface area contributed by atoms with Crippen LogP contribution in [0.2, 0.25) is 6.32 Å². The fraction of sp³-hybridized carbons (Fsp3) is 0.529. The zero-order chi connectivity index (χ0) is 19.5. The predicted octanol–water partition coefficient (Wildman–Crippen LogP) is 0.173. The van der Waals surface area contributed by atoms with Crippen LogP contribution in [0.4, 0.5) is 0 Å². The summed E-state index contributed by atoms with van der Waals surface area (Å²) in [5, 5.41) is 19.6. The molecule has 1 aromatic carbocycles. The number of nitrogens with zero attached hydrogens (tertiary/aromatic N) is 1. The number of carboxylic acids is 1. The smallest absolute Gasteiger partial charge is 0.343 e. The lowest BCUT2D eigenvalue weighted by Crippen LogP contribution is -2.62. The number of nitrogens with two attached hydrogens (primary N) is 1. The summed E-state index contributed by atoms with van der Waals surface area (Å²) in [6.07, 6.45) is 0.399. The highest BCUT2D eigenvalue weighted by Crippen LogP contribution is 2.33. The molecule has 1 heterocycles. The summed E-state index contributed by atoms with van der Waals surface area (Å²) in [6, 6.07) is 3.13. The van der Waals surface area contributed by atoms with E-state index in [9.17, 15) is 19.8 Å². The molecule has 140 valence electrons. The van der Waals surface area contributed by atoms with Gasteiger partial charge in [0.05, 0.1) is 15.0 Å². The average molecular weight is 362 g/mol. The lowest BCUT2D eigenvalue weighted by atomic mass is 9.95. The lowest BCUT2D eigenvalue weighted by Gasteiger charge is -2.42. The van der Waals surface area contributed by atoms with Crippen molar-refractivity contribution in [3.05, 3.63) is 23.3 Å². The van der Waals surface area contributed by atoms with Gasteiger partial charge in [-0.15, -0.1) is 0 Å². The van der Waals surface area contributed by atoms with Crippen LogP contribution < -0.4 is 10.5 Å². The van der Waals surface area contributed by atoms with Crippen molar-refractivity contribution in [1.29, 1.82) is 0 Å². The highest BCUT2D eigenvalue weighted by molar-refractivity contribution is 6.08. The zero-order valence-corrected chi connectivity index (χ0v) is 14.9. The van der Waals surface area contributed by atoms with Gasteiger partial charge in [-0.2, -0.15) is 0 Å². The number of carbonyl (C=O) groups is 2. The first-order valence-corrected chi connectivity index (χ1v) is 8.24. The van der Waals surface area contributed by atoms with E-state index in [4.69, 9.17) is 18.3 Å². The number of hydrogen-bond donors (Lipinski definition) is 3. The Morgan fingerprint density at radius 1 is 1.42 bits per heavy atom. The largest absolute Gasteiger partial charge is 0.507 e. The van der Waals surface area contributed by atoms with Gasteiger partial charge >= 0.3 is 11.9 Å². The normalized spacial score (nSPS) is 17.2.